The van der Waals surface area contributed by atoms with Crippen molar-refractivity contribution in [2.75, 3.05) is 19.8 Å². The van der Waals surface area contributed by atoms with Gasteiger partial charge >= 0.3 is 17.9 Å². The molecule has 0 bridgehead atoms. The number of ether oxygens (including phenoxy) is 2. The molecule has 0 saturated heterocycles. The summed E-state index contributed by atoms with van der Waals surface area (Å²) in [7, 11) is 0. The lowest BCUT2D eigenvalue weighted by atomic mass is 9.96. The molecule has 0 amide bonds. The summed E-state index contributed by atoms with van der Waals surface area (Å²) in [6.07, 6.45) is 17.3. The van der Waals surface area contributed by atoms with E-state index in [-0.39, 0.29) is 6.61 Å². The maximum Gasteiger partial charge on any atom is 0.336 e. The van der Waals surface area contributed by atoms with Crippen LogP contribution in [0.1, 0.15) is 122 Å². The largest absolute Gasteiger partial charge is 0.481 e. The van der Waals surface area contributed by atoms with Crippen molar-refractivity contribution in [3.63, 3.8) is 0 Å². The first kappa shape index (κ1) is 34.3. The molecule has 9 heteroatoms. The third-order valence-corrected chi connectivity index (χ3v) is 6.17. The highest BCUT2D eigenvalue weighted by molar-refractivity contribution is 5.88. The number of rotatable bonds is 26. The van der Waals surface area contributed by atoms with Gasteiger partial charge in [0.05, 0.1) is 19.4 Å². The summed E-state index contributed by atoms with van der Waals surface area (Å²) in [6.45, 7) is 2.27. The molecule has 4 N–H and O–H groups in total. The highest BCUT2D eigenvalue weighted by Gasteiger charge is 2.41. The highest BCUT2D eigenvalue weighted by Crippen LogP contribution is 2.17. The monoisotopic (exact) mass is 518 g/mol. The predicted octanol–water partition coefficient (Wildman–Crippen LogP) is 4.85. The molecule has 36 heavy (non-hydrogen) atoms. The van der Waals surface area contributed by atoms with Gasteiger partial charge in [-0.1, -0.05) is 103 Å². The number of carboxylic acids is 2. The van der Waals surface area contributed by atoms with E-state index in [1.54, 1.807) is 0 Å². The highest BCUT2D eigenvalue weighted by atomic mass is 16.5. The van der Waals surface area contributed by atoms with E-state index in [0.29, 0.717) is 6.61 Å². The second-order valence-corrected chi connectivity index (χ2v) is 9.80. The molecular formula is C27H50O9. The number of unbranched alkanes of at least 4 members (excludes halogenated alkanes) is 15. The first-order valence-corrected chi connectivity index (χ1v) is 13.8. The molecule has 0 radical (unpaired) electrons. The van der Waals surface area contributed by atoms with Gasteiger partial charge in [-0.25, -0.2) is 4.79 Å². The standard InChI is InChI=1S/C27H50O9/c1-2-3-4-5-6-7-8-9-10-11-12-13-14-15-16-17-18-35-21-23(28)22-36-25(31)20-27(34,26(32)33)19-24(29)30/h23,28,34H,2-22H2,1H3,(H,29,30)(H,32,33). The topological polar surface area (TPSA) is 151 Å². The Morgan fingerprint density at radius 1 is 0.694 bits per heavy atom. The summed E-state index contributed by atoms with van der Waals surface area (Å²) < 4.78 is 10.1. The van der Waals surface area contributed by atoms with E-state index < -0.39 is 49.1 Å². The van der Waals surface area contributed by atoms with Gasteiger partial charge in [0.1, 0.15) is 12.7 Å². The zero-order valence-corrected chi connectivity index (χ0v) is 22.3. The van der Waals surface area contributed by atoms with Crippen molar-refractivity contribution in [3.05, 3.63) is 0 Å². The fraction of sp³-hybridized carbons (Fsp3) is 0.889. The molecule has 2 atom stereocenters. The Bertz CT molecular complexity index is 582. The molecule has 0 aliphatic heterocycles. The van der Waals surface area contributed by atoms with Gasteiger partial charge in [-0.05, 0) is 6.42 Å². The molecule has 0 rings (SSSR count). The maximum absolute atomic E-state index is 11.7. The van der Waals surface area contributed by atoms with Crippen LogP contribution in [0.4, 0.5) is 0 Å². The van der Waals surface area contributed by atoms with E-state index in [1.807, 2.05) is 0 Å². The molecule has 0 aromatic carbocycles. The van der Waals surface area contributed by atoms with Crippen molar-refractivity contribution < 1.29 is 44.3 Å². The van der Waals surface area contributed by atoms with E-state index in [2.05, 4.69) is 6.92 Å². The molecule has 0 spiro atoms. The Morgan fingerprint density at radius 3 is 1.56 bits per heavy atom. The fourth-order valence-corrected chi connectivity index (χ4v) is 3.96. The van der Waals surface area contributed by atoms with E-state index in [4.69, 9.17) is 19.7 Å². The van der Waals surface area contributed by atoms with Crippen LogP contribution in [0.25, 0.3) is 0 Å². The minimum atomic E-state index is -2.75. The molecule has 212 valence electrons. The quantitative estimate of drug-likeness (QED) is 0.0930. The number of esters is 1. The van der Waals surface area contributed by atoms with Crippen LogP contribution < -0.4 is 0 Å². The van der Waals surface area contributed by atoms with Crippen molar-refractivity contribution in [2.24, 2.45) is 0 Å². The van der Waals surface area contributed by atoms with Gasteiger partial charge in [0.2, 0.25) is 0 Å². The SMILES string of the molecule is CCCCCCCCCCCCCCCCCCOCC(O)COC(=O)CC(O)(CC(=O)O)C(=O)O. The van der Waals surface area contributed by atoms with Crippen molar-refractivity contribution in [2.45, 2.75) is 134 Å². The number of carboxylic acid groups (broad SMARTS) is 2. The summed E-state index contributed by atoms with van der Waals surface area (Å²) in [5.74, 6) is -4.50. The van der Waals surface area contributed by atoms with Crippen LogP contribution in [0.5, 0.6) is 0 Å². The Hall–Kier alpha value is -1.71. The van der Waals surface area contributed by atoms with Crippen LogP contribution in [0.15, 0.2) is 0 Å². The predicted molar refractivity (Wildman–Crippen MR) is 137 cm³/mol. The summed E-state index contributed by atoms with van der Waals surface area (Å²) in [5, 5.41) is 37.2. The molecule has 0 aliphatic rings. The first-order valence-electron chi connectivity index (χ1n) is 13.8. The minimum absolute atomic E-state index is 0.0374. The average Bonchev–Trinajstić information content (AvgIpc) is 2.81. The van der Waals surface area contributed by atoms with Crippen molar-refractivity contribution in [1.82, 2.24) is 0 Å². The maximum atomic E-state index is 11.7. The molecule has 0 saturated carbocycles. The zero-order chi connectivity index (χ0) is 27.1. The number of hydrogen-bond donors (Lipinski definition) is 4. The molecule has 9 nitrogen and oxygen atoms in total. The van der Waals surface area contributed by atoms with Crippen molar-refractivity contribution in [3.8, 4) is 0 Å². The molecule has 0 aliphatic carbocycles. The number of aliphatic carboxylic acids is 2. The molecule has 0 heterocycles. The number of aliphatic hydroxyl groups excluding tert-OH is 1. The zero-order valence-electron chi connectivity index (χ0n) is 22.3. The number of carbonyl (C=O) groups is 3. The van der Waals surface area contributed by atoms with Crippen LogP contribution >= 0.6 is 0 Å². The summed E-state index contributed by atoms with van der Waals surface area (Å²) in [4.78, 5) is 33.4. The van der Waals surface area contributed by atoms with E-state index >= 15 is 0 Å². The van der Waals surface area contributed by atoms with Gasteiger partial charge in [0.15, 0.2) is 5.60 Å². The van der Waals surface area contributed by atoms with Gasteiger partial charge in [-0.15, -0.1) is 0 Å². The normalized spacial score (nSPS) is 13.8. The minimum Gasteiger partial charge on any atom is -0.481 e. The second-order valence-electron chi connectivity index (χ2n) is 9.80. The van der Waals surface area contributed by atoms with Crippen LogP contribution in [0, 0.1) is 0 Å². The second kappa shape index (κ2) is 22.5. The van der Waals surface area contributed by atoms with Gasteiger partial charge in [-0.2, -0.15) is 0 Å². The van der Waals surface area contributed by atoms with Crippen molar-refractivity contribution >= 4 is 17.9 Å². The lowest BCUT2D eigenvalue weighted by Gasteiger charge is -2.20. The van der Waals surface area contributed by atoms with E-state index in [9.17, 15) is 24.6 Å². The van der Waals surface area contributed by atoms with Crippen LogP contribution in [0.3, 0.4) is 0 Å². The van der Waals surface area contributed by atoms with Gasteiger partial charge < -0.3 is 29.9 Å². The first-order chi connectivity index (χ1) is 17.2. The van der Waals surface area contributed by atoms with Crippen LogP contribution in [0.2, 0.25) is 0 Å². The lowest BCUT2D eigenvalue weighted by Crippen LogP contribution is -2.43. The van der Waals surface area contributed by atoms with Gasteiger partial charge in [0, 0.05) is 6.61 Å². The Labute approximate surface area is 216 Å². The lowest BCUT2D eigenvalue weighted by molar-refractivity contribution is -0.173. The van der Waals surface area contributed by atoms with Crippen molar-refractivity contribution in [1.29, 1.82) is 0 Å². The van der Waals surface area contributed by atoms with Gasteiger partial charge in [-0.3, -0.25) is 9.59 Å². The molecule has 0 aromatic rings. The summed E-state index contributed by atoms with van der Waals surface area (Å²) >= 11 is 0. The van der Waals surface area contributed by atoms with Crippen LogP contribution in [-0.4, -0.2) is 69.9 Å². The Balaban J connectivity index is 3.53. The summed E-state index contributed by atoms with van der Waals surface area (Å²) in [6, 6.07) is 0. The van der Waals surface area contributed by atoms with Crippen LogP contribution in [-0.2, 0) is 23.9 Å². The third kappa shape index (κ3) is 20.5. The molecule has 0 fully saturated rings. The number of carbonyl (C=O) groups excluding carboxylic acids is 1. The molecular weight excluding hydrogens is 468 g/mol. The molecule has 0 aromatic heterocycles. The Kier molecular flexibility index (Phi) is 21.4. The Morgan fingerprint density at radius 2 is 1.14 bits per heavy atom. The summed E-state index contributed by atoms with van der Waals surface area (Å²) in [5.41, 5.74) is -2.75. The van der Waals surface area contributed by atoms with E-state index in [1.165, 1.54) is 83.5 Å². The average molecular weight is 519 g/mol. The van der Waals surface area contributed by atoms with Gasteiger partial charge in [0.25, 0.3) is 0 Å². The number of hydrogen-bond acceptors (Lipinski definition) is 7. The smallest absolute Gasteiger partial charge is 0.336 e. The third-order valence-electron chi connectivity index (χ3n) is 6.17. The number of aliphatic hydroxyl groups is 2. The molecule has 2 unspecified atom stereocenters. The van der Waals surface area contributed by atoms with E-state index in [0.717, 1.165) is 19.3 Å². The fourth-order valence-electron chi connectivity index (χ4n) is 3.96.